The van der Waals surface area contributed by atoms with E-state index in [2.05, 4.69) is 18.9 Å². The number of aliphatic hydroxyl groups excluding tert-OH is 1. The van der Waals surface area contributed by atoms with E-state index in [1.54, 1.807) is 30.5 Å². The van der Waals surface area contributed by atoms with E-state index in [9.17, 15) is 35.2 Å². The van der Waals surface area contributed by atoms with Gasteiger partial charge < -0.3 is 55.6 Å². The molecule has 4 heterocycles. The number of Topliss-reactive ketones (excluding diaryl/α,β-unsaturated/α-hetero) is 1. The number of hydrogen-bond acceptors (Lipinski definition) is 19. The van der Waals surface area contributed by atoms with Gasteiger partial charge in [0.05, 0.1) is 80.5 Å². The van der Waals surface area contributed by atoms with Crippen molar-refractivity contribution in [1.29, 1.82) is 0 Å². The van der Waals surface area contributed by atoms with Crippen LogP contribution in [0.3, 0.4) is 0 Å². The molecule has 418 valence electrons. The molecule has 0 radical (unpaired) electrons. The molecule has 24 heteroatoms. The van der Waals surface area contributed by atoms with E-state index in [1.807, 2.05) is 18.7 Å². The topological polar surface area (TPSA) is 223 Å². The summed E-state index contributed by atoms with van der Waals surface area (Å²) in [6.07, 6.45) is 21.3. The van der Waals surface area contributed by atoms with E-state index < -0.39 is 41.4 Å². The van der Waals surface area contributed by atoms with Crippen LogP contribution in [0, 0.1) is 6.92 Å². The van der Waals surface area contributed by atoms with Gasteiger partial charge >= 0.3 is 29.6 Å². The van der Waals surface area contributed by atoms with E-state index >= 15 is 0 Å². The number of aliphatic hydroxyl groups is 1. The molecule has 17 nitrogen and oxygen atoms in total. The Balaban J connectivity index is 0.000000243. The molecule has 9 aliphatic rings. The van der Waals surface area contributed by atoms with Crippen LogP contribution in [0.25, 0.3) is 0 Å². The summed E-state index contributed by atoms with van der Waals surface area (Å²) in [5.74, 6) is -1.20. The van der Waals surface area contributed by atoms with Gasteiger partial charge in [0.15, 0.2) is 23.1 Å². The number of ether oxygens (including phenoxy) is 8. The fourth-order valence-corrected chi connectivity index (χ4v) is 14.3. The molecule has 10 rings (SSSR count). The molecule has 0 unspecified atom stereocenters. The molecule has 73 heavy (non-hydrogen) atoms. The van der Waals surface area contributed by atoms with Crippen molar-refractivity contribution in [2.45, 2.75) is 191 Å². The summed E-state index contributed by atoms with van der Waals surface area (Å²) in [6, 6.07) is 6.70. The molecule has 0 aromatic heterocycles. The first-order chi connectivity index (χ1) is 33.7. The maximum atomic E-state index is 12.2. The maximum Gasteiger partial charge on any atom is 1.00 e. The number of carbonyl (C=O) groups excluding carboxylic acids is 1. The Hall–Kier alpha value is 0.330. The number of hydrogen-bond donors (Lipinski definition) is 1. The molecule has 0 atom stereocenters. The number of sulfone groups is 2. The van der Waals surface area contributed by atoms with Gasteiger partial charge in [-0.1, -0.05) is 17.7 Å². The molecule has 4 spiro atoms. The van der Waals surface area contributed by atoms with Gasteiger partial charge in [0.1, 0.15) is 25.5 Å². The number of halogens is 1. The molecular weight excluding hydrogens is 1080 g/mol. The summed E-state index contributed by atoms with van der Waals surface area (Å²) < 4.78 is 119. The first-order valence-corrected chi connectivity index (χ1v) is 32.7. The third-order valence-corrected chi connectivity index (χ3v) is 20.5. The van der Waals surface area contributed by atoms with E-state index in [0.29, 0.717) is 103 Å². The predicted octanol–water partition coefficient (Wildman–Crippen LogP) is 3.93. The third kappa shape index (κ3) is 21.4. The van der Waals surface area contributed by atoms with Crippen LogP contribution in [-0.2, 0) is 89.3 Å². The second kappa shape index (κ2) is 31.4. The Morgan fingerprint density at radius 1 is 0.548 bits per heavy atom. The van der Waals surface area contributed by atoms with Crippen LogP contribution in [0.4, 0.5) is 0 Å². The molecule has 4 aliphatic heterocycles. The van der Waals surface area contributed by atoms with Crippen LogP contribution >= 0.6 is 24.2 Å². The van der Waals surface area contributed by atoms with Crippen molar-refractivity contribution in [1.82, 2.24) is 0 Å². The van der Waals surface area contributed by atoms with E-state index in [4.69, 9.17) is 42.1 Å². The summed E-state index contributed by atoms with van der Waals surface area (Å²) in [4.78, 5) is 11.0. The zero-order valence-corrected chi connectivity index (χ0v) is 50.8. The Bertz CT molecular complexity index is 2060. The molecular formula is C49H82ClNaO17S5. The minimum Gasteiger partial charge on any atom is -0.796 e. The zero-order chi connectivity index (χ0) is 51.8. The van der Waals surface area contributed by atoms with Crippen LogP contribution in [0.2, 0.25) is 0 Å². The first kappa shape index (κ1) is 67.6. The fourth-order valence-electron chi connectivity index (χ4n) is 10.3. The minimum absolute atomic E-state index is 0. The Morgan fingerprint density at radius 3 is 1.21 bits per heavy atom. The molecule has 1 aromatic carbocycles. The first-order valence-electron chi connectivity index (χ1n) is 25.3. The van der Waals surface area contributed by atoms with E-state index in [0.717, 1.165) is 75.8 Å². The Labute approximate surface area is 474 Å². The fraction of sp³-hybridized carbons (Fsp3) is 0.857. The van der Waals surface area contributed by atoms with Crippen molar-refractivity contribution < 1.29 is 107 Å². The Kier molecular flexibility index (Phi) is 29.0. The predicted molar refractivity (Wildman–Crippen MR) is 280 cm³/mol. The van der Waals surface area contributed by atoms with Gasteiger partial charge in [0.25, 0.3) is 10.1 Å². The van der Waals surface area contributed by atoms with Gasteiger partial charge in [0.2, 0.25) is 0 Å². The average molecular weight is 1160 g/mol. The second-order valence-corrected chi connectivity index (χ2v) is 27.1. The summed E-state index contributed by atoms with van der Waals surface area (Å²) in [6.45, 7) is 7.47. The van der Waals surface area contributed by atoms with Gasteiger partial charge in [-0.3, -0.25) is 8.98 Å². The molecule has 1 N–H and O–H groups in total. The zero-order valence-electron chi connectivity index (χ0n) is 43.9. The van der Waals surface area contributed by atoms with Crippen molar-refractivity contribution in [3.05, 3.63) is 29.8 Å². The molecule has 9 fully saturated rings. The summed E-state index contributed by atoms with van der Waals surface area (Å²) >= 11 is 6.06. The number of thioether (sulfide) groups is 1. The molecule has 5 aliphatic carbocycles. The van der Waals surface area contributed by atoms with Crippen molar-refractivity contribution >= 4 is 72.4 Å². The van der Waals surface area contributed by atoms with E-state index in [-0.39, 0.29) is 86.9 Å². The monoisotopic (exact) mass is 1160 g/mol. The van der Waals surface area contributed by atoms with Crippen LogP contribution in [0.5, 0.6) is 0 Å². The number of benzene rings is 1. The Morgan fingerprint density at radius 2 is 0.863 bits per heavy atom. The van der Waals surface area contributed by atoms with Crippen molar-refractivity contribution in [3.8, 4) is 0 Å². The smallest absolute Gasteiger partial charge is 0.796 e. The third-order valence-electron chi connectivity index (χ3n) is 14.7. The number of rotatable bonds is 6. The summed E-state index contributed by atoms with van der Waals surface area (Å²) in [5.41, 5.74) is 1.02. The van der Waals surface area contributed by atoms with Gasteiger partial charge in [-0.2, -0.15) is 26.4 Å². The van der Waals surface area contributed by atoms with Crippen LogP contribution < -0.4 is 29.6 Å². The van der Waals surface area contributed by atoms with Gasteiger partial charge in [-0.15, -0.1) is 12.4 Å². The van der Waals surface area contributed by atoms with Crippen molar-refractivity contribution in [2.24, 2.45) is 0 Å². The molecule has 0 bridgehead atoms. The molecule has 5 saturated carbocycles. The van der Waals surface area contributed by atoms with Crippen LogP contribution in [0.1, 0.15) is 134 Å². The molecule has 4 saturated heterocycles. The van der Waals surface area contributed by atoms with Gasteiger partial charge in [0, 0.05) is 82.0 Å². The van der Waals surface area contributed by atoms with E-state index in [1.165, 1.54) is 25.4 Å². The molecule has 1 aromatic rings. The summed E-state index contributed by atoms with van der Waals surface area (Å²) in [5, 5.41) is 9.62. The number of carbonyl (C=O) groups is 1. The number of aryl methyl sites for hydroxylation is 1. The van der Waals surface area contributed by atoms with Crippen LogP contribution in [-0.4, -0.2) is 165 Å². The largest absolute Gasteiger partial charge is 1.00 e. The average Bonchev–Trinajstić information content (AvgIpc) is 4.21. The normalized spacial score (nSPS) is 27.2. The van der Waals surface area contributed by atoms with Crippen molar-refractivity contribution in [3.63, 3.8) is 0 Å². The standard InChI is InChI=1S/C15H20O5S.C9H16O4S.C9H16O2S.C8H14O3.C7H12O3S.CH4S.ClH.Na/c1-12-2-4-14(5-3-12)21(16,17)20-13-6-8-15(9-7-13)18-10-11-19-15;1-14(10,11)8-2-4-9(5-3-8)12-6-7-13-9;1-12-8-2-4-9(5-3-8)10-6-7-11-9;9-7-1-3-8(4-2-7)10-5-6-11-8;1-11(9,10)7-4-2-6(8)3-5-7;1-2;;/h2-5,13H,6-11H2,1H3;8H,2-7H2,1H3;8H,2-7H2,1H3;7,9H,1-6H2;7H,2-5H2,1H3;2H,1H3;1H;/q;;;;;;;+1/p-1. The van der Waals surface area contributed by atoms with Gasteiger partial charge in [-0.25, -0.2) is 16.8 Å². The van der Waals surface area contributed by atoms with Crippen molar-refractivity contribution in [2.75, 3.05) is 77.9 Å². The van der Waals surface area contributed by atoms with Gasteiger partial charge in [-0.05, 0) is 89.5 Å². The quantitative estimate of drug-likeness (QED) is 0.242. The summed E-state index contributed by atoms with van der Waals surface area (Å²) in [7, 11) is -9.48. The maximum absolute atomic E-state index is 12.2. The number of ketones is 1. The second-order valence-electron chi connectivity index (χ2n) is 19.8. The SMILES string of the molecule is CS(=O)(=O)C1CCC(=O)CC1.CS(=O)(=O)C1CCC2(CC1)OCCO2.CSC1CCC2(CC1)OCCO2.C[S-].Cc1ccc(S(=O)(=O)OC2CCC3(CC2)OCCO3)cc1.Cl.OC1CCC2(CC1)OCCO2.[Na+]. The minimum atomic E-state index is -3.69. The molecule has 0 amide bonds. The van der Waals surface area contributed by atoms with Crippen LogP contribution in [0.15, 0.2) is 29.2 Å².